The average molecular weight is 344 g/mol. The molecule has 7 heteroatoms. The third-order valence-corrected chi connectivity index (χ3v) is 4.20. The van der Waals surface area contributed by atoms with Crippen LogP contribution >= 0.6 is 34.5 Å². The third kappa shape index (κ3) is 4.20. The van der Waals surface area contributed by atoms with Gasteiger partial charge >= 0.3 is 5.97 Å². The number of halogens is 2. The van der Waals surface area contributed by atoms with E-state index in [2.05, 4.69) is 5.32 Å². The van der Waals surface area contributed by atoms with Gasteiger partial charge in [-0.3, -0.25) is 9.59 Å². The summed E-state index contributed by atoms with van der Waals surface area (Å²) in [6.45, 7) is 0. The van der Waals surface area contributed by atoms with Crippen molar-refractivity contribution in [2.45, 2.75) is 12.5 Å². The highest BCUT2D eigenvalue weighted by Gasteiger charge is 2.21. The topological polar surface area (TPSA) is 66.4 Å². The predicted molar refractivity (Wildman–Crippen MR) is 83.2 cm³/mol. The molecule has 0 aliphatic heterocycles. The number of nitrogens with one attached hydrogen (secondary N) is 1. The second-order valence-corrected chi connectivity index (χ2v) is 6.06. The number of amides is 1. The summed E-state index contributed by atoms with van der Waals surface area (Å²) in [5.41, 5.74) is 0.522. The van der Waals surface area contributed by atoms with E-state index in [9.17, 15) is 9.59 Å². The maximum atomic E-state index is 12.1. The van der Waals surface area contributed by atoms with E-state index in [1.807, 2.05) is 0 Å². The Bertz CT molecular complexity index is 658. The van der Waals surface area contributed by atoms with E-state index < -0.39 is 12.0 Å². The Labute approximate surface area is 135 Å². The molecule has 0 aliphatic carbocycles. The zero-order valence-corrected chi connectivity index (χ0v) is 13.0. The first-order chi connectivity index (χ1) is 9.97. The molecule has 0 fully saturated rings. The van der Waals surface area contributed by atoms with Crippen LogP contribution in [-0.4, -0.2) is 17.0 Å². The minimum atomic E-state index is -1.03. The third-order valence-electron chi connectivity index (χ3n) is 2.77. The van der Waals surface area contributed by atoms with Crippen LogP contribution in [0, 0.1) is 0 Å². The van der Waals surface area contributed by atoms with Gasteiger partial charge in [0.05, 0.1) is 17.3 Å². The largest absolute Gasteiger partial charge is 0.481 e. The summed E-state index contributed by atoms with van der Waals surface area (Å²) in [6, 6.07) is 7.44. The van der Waals surface area contributed by atoms with E-state index >= 15 is 0 Å². The van der Waals surface area contributed by atoms with Crippen LogP contribution < -0.4 is 5.32 Å². The lowest BCUT2D eigenvalue weighted by atomic mass is 10.0. The molecule has 1 unspecified atom stereocenters. The van der Waals surface area contributed by atoms with Gasteiger partial charge in [0.15, 0.2) is 0 Å². The molecular weight excluding hydrogens is 333 g/mol. The van der Waals surface area contributed by atoms with Crippen molar-refractivity contribution in [2.75, 3.05) is 0 Å². The molecule has 21 heavy (non-hydrogen) atoms. The maximum Gasteiger partial charge on any atom is 0.305 e. The Balaban J connectivity index is 2.25. The summed E-state index contributed by atoms with van der Waals surface area (Å²) in [5.74, 6) is -1.36. The Kier molecular flexibility index (Phi) is 5.22. The normalized spacial score (nSPS) is 11.9. The summed E-state index contributed by atoms with van der Waals surface area (Å²) >= 11 is 13.2. The van der Waals surface area contributed by atoms with Crippen molar-refractivity contribution in [3.63, 3.8) is 0 Å². The van der Waals surface area contributed by atoms with Gasteiger partial charge in [-0.1, -0.05) is 35.3 Å². The summed E-state index contributed by atoms with van der Waals surface area (Å²) in [4.78, 5) is 23.6. The smallest absolute Gasteiger partial charge is 0.305 e. The molecule has 4 nitrogen and oxygen atoms in total. The van der Waals surface area contributed by atoms with E-state index in [-0.39, 0.29) is 12.3 Å². The van der Waals surface area contributed by atoms with Gasteiger partial charge in [0.1, 0.15) is 0 Å². The number of hydrogen-bond donors (Lipinski definition) is 2. The Morgan fingerprint density at radius 1 is 1.29 bits per heavy atom. The second kappa shape index (κ2) is 6.93. The number of hydrogen-bond acceptors (Lipinski definition) is 3. The van der Waals surface area contributed by atoms with Crippen molar-refractivity contribution < 1.29 is 14.7 Å². The molecule has 1 aromatic heterocycles. The number of thiophene rings is 1. The van der Waals surface area contributed by atoms with E-state index in [0.717, 1.165) is 0 Å². The van der Waals surface area contributed by atoms with E-state index in [1.165, 1.54) is 17.4 Å². The van der Waals surface area contributed by atoms with Crippen LogP contribution in [0.2, 0.25) is 10.0 Å². The van der Waals surface area contributed by atoms with Crippen molar-refractivity contribution in [3.8, 4) is 0 Å². The van der Waals surface area contributed by atoms with Crippen molar-refractivity contribution in [3.05, 3.63) is 56.2 Å². The quantitative estimate of drug-likeness (QED) is 0.862. The lowest BCUT2D eigenvalue weighted by molar-refractivity contribution is -0.137. The molecule has 2 N–H and O–H groups in total. The van der Waals surface area contributed by atoms with Gasteiger partial charge in [-0.05, 0) is 29.1 Å². The van der Waals surface area contributed by atoms with Gasteiger partial charge < -0.3 is 10.4 Å². The number of rotatable bonds is 5. The zero-order chi connectivity index (χ0) is 15.4. The Morgan fingerprint density at radius 3 is 2.62 bits per heavy atom. The highest BCUT2D eigenvalue weighted by molar-refractivity contribution is 7.12. The molecule has 0 saturated heterocycles. The van der Waals surface area contributed by atoms with Gasteiger partial charge in [-0.25, -0.2) is 0 Å². The fourth-order valence-corrected chi connectivity index (χ4v) is 3.00. The van der Waals surface area contributed by atoms with Gasteiger partial charge in [0, 0.05) is 10.0 Å². The molecule has 2 aromatic rings. The van der Waals surface area contributed by atoms with Crippen molar-refractivity contribution in [1.82, 2.24) is 5.32 Å². The molecule has 1 aromatic carbocycles. The van der Waals surface area contributed by atoms with Gasteiger partial charge in [0.2, 0.25) is 0 Å². The van der Waals surface area contributed by atoms with Gasteiger partial charge in [0.25, 0.3) is 5.91 Å². The molecule has 1 amide bonds. The van der Waals surface area contributed by atoms with Crippen LogP contribution in [0.15, 0.2) is 35.7 Å². The fraction of sp³-hybridized carbons (Fsp3) is 0.143. The molecule has 0 bridgehead atoms. The van der Waals surface area contributed by atoms with Crippen LogP contribution in [0.25, 0.3) is 0 Å². The Morgan fingerprint density at radius 2 is 2.05 bits per heavy atom. The lowest BCUT2D eigenvalue weighted by Crippen LogP contribution is -2.29. The van der Waals surface area contributed by atoms with E-state index in [0.29, 0.717) is 20.5 Å². The van der Waals surface area contributed by atoms with Crippen LogP contribution in [-0.2, 0) is 4.79 Å². The van der Waals surface area contributed by atoms with Gasteiger partial charge in [-0.15, -0.1) is 11.3 Å². The Hall–Kier alpha value is -1.56. The first-order valence-corrected chi connectivity index (χ1v) is 7.62. The highest BCUT2D eigenvalue weighted by atomic mass is 35.5. The van der Waals surface area contributed by atoms with Crippen molar-refractivity contribution >= 4 is 46.4 Å². The number of carbonyl (C=O) groups is 2. The van der Waals surface area contributed by atoms with Crippen molar-refractivity contribution in [1.29, 1.82) is 0 Å². The molecule has 1 atom stereocenters. The summed E-state index contributed by atoms with van der Waals surface area (Å²) < 4.78 is 0. The predicted octanol–water partition coefficient (Wildman–Crippen LogP) is 4.00. The summed E-state index contributed by atoms with van der Waals surface area (Å²) in [6.07, 6.45) is -0.265. The molecule has 0 saturated carbocycles. The van der Waals surface area contributed by atoms with E-state index in [4.69, 9.17) is 28.3 Å². The standard InChI is InChI=1S/C14H11Cl2NO3S/c15-8-3-4-9(10(16)6-8)11(7-13(18)19)17-14(20)12-2-1-5-21-12/h1-6,11H,7H2,(H,17,20)(H,18,19). The zero-order valence-electron chi connectivity index (χ0n) is 10.7. The SMILES string of the molecule is O=C(O)CC(NC(=O)c1cccs1)c1ccc(Cl)cc1Cl. The molecule has 0 aliphatic rings. The number of benzene rings is 1. The number of carboxylic acids is 1. The van der Waals surface area contributed by atoms with Crippen molar-refractivity contribution in [2.24, 2.45) is 0 Å². The average Bonchev–Trinajstić information content (AvgIpc) is 2.91. The minimum Gasteiger partial charge on any atom is -0.481 e. The summed E-state index contributed by atoms with van der Waals surface area (Å²) in [5, 5.41) is 14.2. The molecular formula is C14H11Cl2NO3S. The first kappa shape index (κ1) is 15.8. The first-order valence-electron chi connectivity index (χ1n) is 5.98. The van der Waals surface area contributed by atoms with E-state index in [1.54, 1.807) is 29.6 Å². The van der Waals surface area contributed by atoms with Crippen LogP contribution in [0.3, 0.4) is 0 Å². The molecule has 1 heterocycles. The fourth-order valence-electron chi connectivity index (χ4n) is 1.83. The molecule has 0 spiro atoms. The van der Waals surface area contributed by atoms with Crippen LogP contribution in [0.4, 0.5) is 0 Å². The lowest BCUT2D eigenvalue weighted by Gasteiger charge is -2.18. The van der Waals surface area contributed by atoms with Crippen LogP contribution in [0.5, 0.6) is 0 Å². The number of carbonyl (C=O) groups excluding carboxylic acids is 1. The number of aliphatic carboxylic acids is 1. The highest BCUT2D eigenvalue weighted by Crippen LogP contribution is 2.28. The molecule has 0 radical (unpaired) electrons. The summed E-state index contributed by atoms with van der Waals surface area (Å²) in [7, 11) is 0. The molecule has 2 rings (SSSR count). The number of carboxylic acid groups (broad SMARTS) is 1. The van der Waals surface area contributed by atoms with Gasteiger partial charge in [-0.2, -0.15) is 0 Å². The molecule has 110 valence electrons. The van der Waals surface area contributed by atoms with Crippen LogP contribution in [0.1, 0.15) is 27.7 Å². The maximum absolute atomic E-state index is 12.1. The minimum absolute atomic E-state index is 0.265. The second-order valence-electron chi connectivity index (χ2n) is 4.27. The monoisotopic (exact) mass is 343 g/mol.